The Bertz CT molecular complexity index is 5270. The third kappa shape index (κ3) is 7.63. The Morgan fingerprint density at radius 1 is 0.169 bits per heavy atom. The van der Waals surface area contributed by atoms with E-state index in [1.807, 2.05) is 12.1 Å². The van der Waals surface area contributed by atoms with Crippen LogP contribution in [0, 0.1) is 0 Å². The average molecular weight is 1050 g/mol. The minimum atomic E-state index is 0.920. The number of benzene rings is 17. The third-order valence-corrected chi connectivity index (χ3v) is 17.6. The molecule has 0 spiro atoms. The van der Waals surface area contributed by atoms with Gasteiger partial charge in [0.05, 0.1) is 0 Å². The Morgan fingerprint density at radius 2 is 0.530 bits per heavy atom. The van der Waals surface area contributed by atoms with Crippen molar-refractivity contribution >= 4 is 108 Å². The van der Waals surface area contributed by atoms with Gasteiger partial charge in [0.25, 0.3) is 0 Å². The highest BCUT2D eigenvalue weighted by Gasteiger charge is 2.19. The highest BCUT2D eigenvalue weighted by atomic mass is 16.3. The fraction of sp³-hybridized carbons (Fsp3) is 0. The van der Waals surface area contributed by atoms with E-state index in [1.165, 1.54) is 153 Å². The summed E-state index contributed by atoms with van der Waals surface area (Å²) in [5, 5.41) is 23.2. The van der Waals surface area contributed by atoms with Crippen LogP contribution in [-0.2, 0) is 0 Å². The van der Waals surface area contributed by atoms with Crippen molar-refractivity contribution in [2.24, 2.45) is 0 Å². The molecular formula is C82H50O. The Balaban J connectivity index is 0.000000132. The van der Waals surface area contributed by atoms with Crippen molar-refractivity contribution in [1.29, 1.82) is 0 Å². The minimum Gasteiger partial charge on any atom is -0.456 e. The van der Waals surface area contributed by atoms with Crippen molar-refractivity contribution in [3.05, 3.63) is 303 Å². The van der Waals surface area contributed by atoms with Gasteiger partial charge in [-0.1, -0.05) is 273 Å². The van der Waals surface area contributed by atoms with Gasteiger partial charge in [-0.25, -0.2) is 0 Å². The number of hydrogen-bond donors (Lipinski definition) is 0. The summed E-state index contributed by atoms with van der Waals surface area (Å²) in [4.78, 5) is 0. The van der Waals surface area contributed by atoms with E-state index in [-0.39, 0.29) is 0 Å². The van der Waals surface area contributed by atoms with E-state index in [0.29, 0.717) is 0 Å². The fourth-order valence-electron chi connectivity index (χ4n) is 13.8. The summed E-state index contributed by atoms with van der Waals surface area (Å²) < 4.78 is 6.14. The summed E-state index contributed by atoms with van der Waals surface area (Å²) in [7, 11) is 0. The first-order valence-corrected chi connectivity index (χ1v) is 28.7. The van der Waals surface area contributed by atoms with Gasteiger partial charge in [0.2, 0.25) is 0 Å². The summed E-state index contributed by atoms with van der Waals surface area (Å²) in [5.74, 6) is 0. The Labute approximate surface area is 479 Å². The van der Waals surface area contributed by atoms with Crippen molar-refractivity contribution < 1.29 is 4.42 Å². The van der Waals surface area contributed by atoms with Crippen LogP contribution in [0.1, 0.15) is 0 Å². The van der Waals surface area contributed by atoms with Crippen LogP contribution >= 0.6 is 0 Å². The van der Waals surface area contributed by atoms with Crippen LogP contribution in [-0.4, -0.2) is 0 Å². The summed E-state index contributed by atoms with van der Waals surface area (Å²) >= 11 is 0. The van der Waals surface area contributed by atoms with E-state index in [0.717, 1.165) is 21.9 Å². The molecule has 0 unspecified atom stereocenters. The van der Waals surface area contributed by atoms with Gasteiger partial charge in [-0.3, -0.25) is 0 Å². The van der Waals surface area contributed by atoms with Gasteiger partial charge in [0, 0.05) is 10.8 Å². The lowest BCUT2D eigenvalue weighted by molar-refractivity contribution is 0.669. The van der Waals surface area contributed by atoms with Crippen LogP contribution in [0.25, 0.3) is 175 Å². The van der Waals surface area contributed by atoms with E-state index in [2.05, 4.69) is 291 Å². The van der Waals surface area contributed by atoms with Crippen molar-refractivity contribution in [1.82, 2.24) is 0 Å². The van der Waals surface area contributed by atoms with Crippen LogP contribution in [0.3, 0.4) is 0 Å². The monoisotopic (exact) mass is 1050 g/mol. The van der Waals surface area contributed by atoms with Crippen LogP contribution in [0.2, 0.25) is 0 Å². The average Bonchev–Trinajstić information content (AvgIpc) is 3.45. The van der Waals surface area contributed by atoms with Crippen LogP contribution in [0.4, 0.5) is 0 Å². The maximum atomic E-state index is 6.14. The lowest BCUT2D eigenvalue weighted by Gasteiger charge is -2.18. The second-order valence-corrected chi connectivity index (χ2v) is 22.2. The quantitative estimate of drug-likeness (QED) is 0.119. The number of para-hydroxylation sites is 1. The summed E-state index contributed by atoms with van der Waals surface area (Å²) in [5.41, 5.74) is 16.8. The predicted octanol–water partition coefficient (Wildman–Crippen LogP) is 23.4. The summed E-state index contributed by atoms with van der Waals surface area (Å²) in [6.07, 6.45) is 0. The molecule has 18 aromatic rings. The molecule has 0 aliphatic rings. The van der Waals surface area contributed by atoms with Gasteiger partial charge in [-0.15, -0.1) is 0 Å². The van der Waals surface area contributed by atoms with Gasteiger partial charge < -0.3 is 4.42 Å². The first-order chi connectivity index (χ1) is 41.1. The molecule has 0 amide bonds. The molecule has 18 rings (SSSR count). The molecule has 0 aliphatic carbocycles. The van der Waals surface area contributed by atoms with Gasteiger partial charge in [0.15, 0.2) is 0 Å². The molecule has 1 heteroatoms. The van der Waals surface area contributed by atoms with E-state index in [1.54, 1.807) is 0 Å². The van der Waals surface area contributed by atoms with Gasteiger partial charge in [-0.05, 0) is 183 Å². The molecular weight excluding hydrogens is 1000 g/mol. The third-order valence-electron chi connectivity index (χ3n) is 17.6. The van der Waals surface area contributed by atoms with Crippen LogP contribution in [0.15, 0.2) is 308 Å². The molecule has 0 fully saturated rings. The molecule has 0 aliphatic heterocycles. The van der Waals surface area contributed by atoms with Crippen molar-refractivity contribution in [3.63, 3.8) is 0 Å². The maximum absolute atomic E-state index is 6.14. The predicted molar refractivity (Wildman–Crippen MR) is 355 cm³/mol. The smallest absolute Gasteiger partial charge is 0.135 e. The van der Waals surface area contributed by atoms with Crippen LogP contribution in [0.5, 0.6) is 0 Å². The molecule has 0 saturated carbocycles. The molecule has 384 valence electrons. The Morgan fingerprint density at radius 3 is 1.06 bits per heavy atom. The largest absolute Gasteiger partial charge is 0.456 e. The number of furan rings is 1. The lowest BCUT2D eigenvalue weighted by atomic mass is 9.85. The Kier molecular flexibility index (Phi) is 10.7. The number of hydrogen-bond acceptors (Lipinski definition) is 1. The molecule has 0 radical (unpaired) electrons. The maximum Gasteiger partial charge on any atom is 0.135 e. The van der Waals surface area contributed by atoms with Crippen molar-refractivity contribution in [3.8, 4) is 66.8 Å². The minimum absolute atomic E-state index is 0.920. The molecule has 0 saturated heterocycles. The van der Waals surface area contributed by atoms with Gasteiger partial charge in [-0.2, -0.15) is 0 Å². The zero-order valence-corrected chi connectivity index (χ0v) is 45.3. The SMILES string of the molecule is c1cc(-c2cccc(-c3ccc4ccc5cccc6ccc3c4c56)c2)cc(-c2ccc3ccc4cccc5ccc2c3c45)c1.c1ccc(-c2ccc(-c3c4ccccc4c(-c4ccc5oc6ccccc6c5c4)c4ccccc34)cc2)cc1. The molecule has 0 bridgehead atoms. The normalized spacial score (nSPS) is 11.9. The molecule has 0 N–H and O–H groups in total. The second kappa shape index (κ2) is 18.9. The van der Waals surface area contributed by atoms with E-state index in [4.69, 9.17) is 4.42 Å². The fourth-order valence-corrected chi connectivity index (χ4v) is 13.8. The highest BCUT2D eigenvalue weighted by Crippen LogP contribution is 2.47. The lowest BCUT2D eigenvalue weighted by Crippen LogP contribution is -1.91. The van der Waals surface area contributed by atoms with E-state index < -0.39 is 0 Å². The van der Waals surface area contributed by atoms with E-state index >= 15 is 0 Å². The Hall–Kier alpha value is -10.9. The van der Waals surface area contributed by atoms with Gasteiger partial charge >= 0.3 is 0 Å². The first kappa shape index (κ1) is 47.0. The summed E-state index contributed by atoms with van der Waals surface area (Å²) in [6, 6.07) is 111. The standard InChI is InChI=1S/C44H26.C38H24O/c1-5-27-13-15-31-17-21-37(39-23-19-29(7-1)41(27)43(31)39)35-11-3-9-33(25-35)34-10-4-12-36(26-34)38-22-18-32-16-14-28-6-2-8-30-20-24-40(38)44(32)42(28)30;1-2-10-25(11-3-1)26-18-20-27(21-19-26)37-30-13-4-6-15-32(30)38(33-16-7-5-14-31(33)37)28-22-23-36-34(24-28)29-12-8-9-17-35(29)39-36/h1-26H;1-24H. The zero-order valence-electron chi connectivity index (χ0n) is 45.3. The topological polar surface area (TPSA) is 13.1 Å². The zero-order chi connectivity index (χ0) is 54.5. The molecule has 1 nitrogen and oxygen atoms in total. The first-order valence-electron chi connectivity index (χ1n) is 28.7. The molecule has 1 aromatic heterocycles. The molecule has 83 heavy (non-hydrogen) atoms. The molecule has 1 heterocycles. The molecule has 17 aromatic carbocycles. The number of rotatable bonds is 6. The van der Waals surface area contributed by atoms with Crippen LogP contribution < -0.4 is 0 Å². The van der Waals surface area contributed by atoms with Gasteiger partial charge in [0.1, 0.15) is 11.2 Å². The molecule has 0 atom stereocenters. The van der Waals surface area contributed by atoms with E-state index in [9.17, 15) is 0 Å². The highest BCUT2D eigenvalue weighted by molar-refractivity contribution is 6.27. The summed E-state index contributed by atoms with van der Waals surface area (Å²) in [6.45, 7) is 0. The number of fused-ring (bicyclic) bond motifs is 5. The van der Waals surface area contributed by atoms with Crippen molar-refractivity contribution in [2.45, 2.75) is 0 Å². The second-order valence-electron chi connectivity index (χ2n) is 22.2. The van der Waals surface area contributed by atoms with Crippen molar-refractivity contribution in [2.75, 3.05) is 0 Å².